The van der Waals surface area contributed by atoms with Crippen LogP contribution < -0.4 is 27.4 Å². The highest BCUT2D eigenvalue weighted by atomic mass is 32.2. The maximum atomic E-state index is 12.9. The molecule has 0 aromatic rings. The van der Waals surface area contributed by atoms with E-state index in [-0.39, 0.29) is 12.3 Å². The van der Waals surface area contributed by atoms with E-state index in [1.165, 1.54) is 18.7 Å². The number of aliphatic hydroxyl groups is 1. The number of carboxylic acid groups (broad SMARTS) is 1. The van der Waals surface area contributed by atoms with Crippen LogP contribution in [-0.2, 0) is 24.0 Å². The molecule has 0 aromatic carbocycles. The summed E-state index contributed by atoms with van der Waals surface area (Å²) < 4.78 is 0. The fourth-order valence-electron chi connectivity index (χ4n) is 2.67. The van der Waals surface area contributed by atoms with Gasteiger partial charge in [-0.25, -0.2) is 4.79 Å². The largest absolute Gasteiger partial charge is 0.480 e. The SMILES string of the molecule is CCC(C)C(NC(=O)C(N)CC(N)=O)C(=O)NC(C(=O)NC(CCSC)C(=O)O)C(C)O. The third-order valence-corrected chi connectivity index (χ3v) is 5.48. The van der Waals surface area contributed by atoms with E-state index in [1.807, 2.05) is 0 Å². The second-order valence-corrected chi connectivity index (χ2v) is 8.54. The van der Waals surface area contributed by atoms with Gasteiger partial charge < -0.3 is 37.6 Å². The molecule has 4 amide bonds. The number of carbonyl (C=O) groups is 5. The van der Waals surface area contributed by atoms with Crippen LogP contribution in [-0.4, -0.2) is 82.1 Å². The molecule has 0 saturated heterocycles. The Kier molecular flexibility index (Phi) is 13.5. The molecule has 0 fully saturated rings. The summed E-state index contributed by atoms with van der Waals surface area (Å²) in [5.41, 5.74) is 10.7. The van der Waals surface area contributed by atoms with E-state index in [1.54, 1.807) is 20.1 Å². The zero-order valence-electron chi connectivity index (χ0n) is 18.8. The van der Waals surface area contributed by atoms with Crippen LogP contribution in [0.4, 0.5) is 0 Å². The summed E-state index contributed by atoms with van der Waals surface area (Å²) >= 11 is 1.41. The molecule has 184 valence electrons. The van der Waals surface area contributed by atoms with E-state index in [2.05, 4.69) is 16.0 Å². The number of primary amides is 1. The van der Waals surface area contributed by atoms with Crippen LogP contribution in [0.1, 0.15) is 40.0 Å². The van der Waals surface area contributed by atoms with E-state index >= 15 is 0 Å². The van der Waals surface area contributed by atoms with Crippen LogP contribution in [0.2, 0.25) is 0 Å². The molecule has 12 nitrogen and oxygen atoms in total. The lowest BCUT2D eigenvalue weighted by Gasteiger charge is -2.28. The van der Waals surface area contributed by atoms with E-state index in [0.29, 0.717) is 12.2 Å². The van der Waals surface area contributed by atoms with Crippen molar-refractivity contribution in [2.75, 3.05) is 12.0 Å². The summed E-state index contributed by atoms with van der Waals surface area (Å²) in [6, 6.07) is -5.02. The number of thioether (sulfide) groups is 1. The Bertz CT molecular complexity index is 676. The van der Waals surface area contributed by atoms with E-state index in [4.69, 9.17) is 11.5 Å². The average Bonchev–Trinajstić information content (AvgIpc) is 2.70. The summed E-state index contributed by atoms with van der Waals surface area (Å²) in [6.45, 7) is 4.73. The number of carboxylic acids is 1. The Morgan fingerprint density at radius 3 is 1.94 bits per heavy atom. The molecular weight excluding hydrogens is 442 g/mol. The number of rotatable bonds is 15. The van der Waals surface area contributed by atoms with Crippen molar-refractivity contribution < 1.29 is 34.2 Å². The maximum Gasteiger partial charge on any atom is 0.326 e. The minimum Gasteiger partial charge on any atom is -0.480 e. The van der Waals surface area contributed by atoms with Crippen LogP contribution in [0.15, 0.2) is 0 Å². The molecule has 0 bridgehead atoms. The van der Waals surface area contributed by atoms with Gasteiger partial charge in [-0.3, -0.25) is 19.2 Å². The smallest absolute Gasteiger partial charge is 0.326 e. The molecule has 9 N–H and O–H groups in total. The molecule has 32 heavy (non-hydrogen) atoms. The van der Waals surface area contributed by atoms with Crippen LogP contribution in [0, 0.1) is 5.92 Å². The second kappa shape index (κ2) is 14.6. The van der Waals surface area contributed by atoms with Gasteiger partial charge >= 0.3 is 5.97 Å². The summed E-state index contributed by atoms with van der Waals surface area (Å²) in [4.78, 5) is 60.1. The van der Waals surface area contributed by atoms with Crippen LogP contribution >= 0.6 is 11.8 Å². The van der Waals surface area contributed by atoms with Crippen LogP contribution in [0.3, 0.4) is 0 Å². The number of nitrogens with one attached hydrogen (secondary N) is 3. The van der Waals surface area contributed by atoms with E-state index < -0.39 is 66.3 Å². The standard InChI is InChI=1S/C19H35N5O7S/c1-5-9(2)14(23-16(27)11(20)8-13(21)26)17(28)24-15(10(3)25)18(29)22-12(19(30)31)6-7-32-4/h9-12,14-15,25H,5-8,20H2,1-4H3,(H2,21,26)(H,22,29)(H,23,27)(H,24,28)(H,30,31). The van der Waals surface area contributed by atoms with Crippen molar-refractivity contribution in [3.05, 3.63) is 0 Å². The van der Waals surface area contributed by atoms with Crippen molar-refractivity contribution in [2.24, 2.45) is 17.4 Å². The van der Waals surface area contributed by atoms with E-state index in [0.717, 1.165) is 0 Å². The van der Waals surface area contributed by atoms with Crippen molar-refractivity contribution in [3.8, 4) is 0 Å². The lowest BCUT2D eigenvalue weighted by molar-refractivity contribution is -0.143. The molecule has 0 aliphatic rings. The molecule has 0 aromatic heterocycles. The van der Waals surface area contributed by atoms with Crippen molar-refractivity contribution >= 4 is 41.4 Å². The highest BCUT2D eigenvalue weighted by molar-refractivity contribution is 7.98. The predicted octanol–water partition coefficient (Wildman–Crippen LogP) is -2.09. The number of aliphatic carboxylic acids is 1. The topological polar surface area (TPSA) is 214 Å². The van der Waals surface area contributed by atoms with Gasteiger partial charge in [0.1, 0.15) is 18.1 Å². The molecule has 0 aliphatic heterocycles. The summed E-state index contributed by atoms with van der Waals surface area (Å²) in [7, 11) is 0. The zero-order chi connectivity index (χ0) is 25.0. The Morgan fingerprint density at radius 1 is 0.969 bits per heavy atom. The van der Waals surface area contributed by atoms with Gasteiger partial charge in [0, 0.05) is 0 Å². The predicted molar refractivity (Wildman–Crippen MR) is 119 cm³/mol. The molecule has 6 unspecified atom stereocenters. The number of hydrogen-bond donors (Lipinski definition) is 7. The Balaban J connectivity index is 5.44. The molecule has 6 atom stereocenters. The fourth-order valence-corrected chi connectivity index (χ4v) is 3.15. The molecule has 13 heteroatoms. The third-order valence-electron chi connectivity index (χ3n) is 4.84. The molecule has 0 rings (SSSR count). The molecule has 0 spiro atoms. The number of aliphatic hydroxyl groups excluding tert-OH is 1. The van der Waals surface area contributed by atoms with Gasteiger partial charge in [-0.05, 0) is 31.3 Å². The number of nitrogens with two attached hydrogens (primary N) is 2. The fraction of sp³-hybridized carbons (Fsp3) is 0.737. The Hall–Kier alpha value is -2.38. The van der Waals surface area contributed by atoms with Gasteiger partial charge in [0.05, 0.1) is 18.6 Å². The van der Waals surface area contributed by atoms with Crippen molar-refractivity contribution in [1.82, 2.24) is 16.0 Å². The second-order valence-electron chi connectivity index (χ2n) is 7.56. The Morgan fingerprint density at radius 2 is 1.50 bits per heavy atom. The summed E-state index contributed by atoms with van der Waals surface area (Å²) in [5.74, 6) is -4.33. The lowest BCUT2D eigenvalue weighted by atomic mass is 9.97. The van der Waals surface area contributed by atoms with Gasteiger partial charge in [0.2, 0.25) is 23.6 Å². The first-order valence-corrected chi connectivity index (χ1v) is 11.6. The van der Waals surface area contributed by atoms with Crippen LogP contribution in [0.5, 0.6) is 0 Å². The molecular formula is C19H35N5O7S. The molecule has 0 radical (unpaired) electrons. The quantitative estimate of drug-likeness (QED) is 0.137. The summed E-state index contributed by atoms with van der Waals surface area (Å²) in [5, 5.41) is 26.4. The Labute approximate surface area is 191 Å². The van der Waals surface area contributed by atoms with Crippen LogP contribution in [0.25, 0.3) is 0 Å². The normalized spacial score (nSPS) is 16.6. The highest BCUT2D eigenvalue weighted by Crippen LogP contribution is 2.10. The van der Waals surface area contributed by atoms with Gasteiger partial charge in [-0.15, -0.1) is 0 Å². The minimum atomic E-state index is -1.46. The molecule has 0 saturated carbocycles. The first kappa shape index (κ1) is 29.6. The first-order valence-electron chi connectivity index (χ1n) is 10.2. The van der Waals surface area contributed by atoms with Crippen molar-refractivity contribution in [2.45, 2.75) is 70.3 Å². The lowest BCUT2D eigenvalue weighted by Crippen LogP contribution is -2.61. The van der Waals surface area contributed by atoms with Gasteiger partial charge in [0.15, 0.2) is 0 Å². The van der Waals surface area contributed by atoms with Gasteiger partial charge in [-0.1, -0.05) is 20.3 Å². The van der Waals surface area contributed by atoms with Crippen molar-refractivity contribution in [1.29, 1.82) is 0 Å². The van der Waals surface area contributed by atoms with Gasteiger partial charge in [-0.2, -0.15) is 11.8 Å². The number of amides is 4. The molecule has 0 heterocycles. The zero-order valence-corrected chi connectivity index (χ0v) is 19.6. The third kappa shape index (κ3) is 10.3. The van der Waals surface area contributed by atoms with Crippen molar-refractivity contribution in [3.63, 3.8) is 0 Å². The first-order chi connectivity index (χ1) is 14.8. The van der Waals surface area contributed by atoms with Gasteiger partial charge in [0.25, 0.3) is 0 Å². The average molecular weight is 478 g/mol. The molecule has 0 aliphatic carbocycles. The minimum absolute atomic E-state index is 0.159. The highest BCUT2D eigenvalue weighted by Gasteiger charge is 2.34. The monoisotopic (exact) mass is 477 g/mol. The number of hydrogen-bond acceptors (Lipinski definition) is 8. The number of carbonyl (C=O) groups excluding carboxylic acids is 4. The maximum absolute atomic E-state index is 12.9. The summed E-state index contributed by atoms with van der Waals surface area (Å²) in [6.07, 6.45) is 0.667. The van der Waals surface area contributed by atoms with E-state index in [9.17, 15) is 34.2 Å².